The van der Waals surface area contributed by atoms with Crippen molar-refractivity contribution in [3.8, 4) is 5.75 Å². The van der Waals surface area contributed by atoms with Crippen LogP contribution in [0.5, 0.6) is 5.75 Å². The summed E-state index contributed by atoms with van der Waals surface area (Å²) < 4.78 is 5.74. The molecule has 0 saturated heterocycles. The molecule has 6 heteroatoms. The smallest absolute Gasteiger partial charge is 0.274 e. The van der Waals surface area contributed by atoms with Crippen molar-refractivity contribution in [1.29, 1.82) is 0 Å². The number of halogens is 1. The van der Waals surface area contributed by atoms with Gasteiger partial charge in [-0.25, -0.2) is 0 Å². The standard InChI is InChI=1S/C22H22ClN3O2/c1-15(2)28-21-10-6-5-9-19(21)26-22(27)20-13-17(11-12-24-20)25-14-16-7-3-4-8-18(16)23/h3-13,15H,14H2,1-2H3,(H,24,25)(H,26,27). The Morgan fingerprint density at radius 3 is 2.64 bits per heavy atom. The van der Waals surface area contributed by atoms with Crippen molar-refractivity contribution in [3.63, 3.8) is 0 Å². The highest BCUT2D eigenvalue weighted by Crippen LogP contribution is 2.25. The van der Waals surface area contributed by atoms with Gasteiger partial charge in [-0.05, 0) is 49.7 Å². The molecule has 5 nitrogen and oxygen atoms in total. The van der Waals surface area contributed by atoms with Gasteiger partial charge in [0.05, 0.1) is 11.8 Å². The first-order chi connectivity index (χ1) is 13.5. The molecular weight excluding hydrogens is 374 g/mol. The minimum absolute atomic E-state index is 0.00788. The third-order valence-corrected chi connectivity index (χ3v) is 4.30. The highest BCUT2D eigenvalue weighted by molar-refractivity contribution is 6.31. The van der Waals surface area contributed by atoms with Crippen molar-refractivity contribution in [2.24, 2.45) is 0 Å². The summed E-state index contributed by atoms with van der Waals surface area (Å²) in [6.07, 6.45) is 1.61. The number of carbonyl (C=O) groups is 1. The number of anilines is 2. The number of benzene rings is 2. The molecule has 1 heterocycles. The van der Waals surface area contributed by atoms with E-state index >= 15 is 0 Å². The Morgan fingerprint density at radius 1 is 1.11 bits per heavy atom. The maximum Gasteiger partial charge on any atom is 0.274 e. The molecule has 3 rings (SSSR count). The Hall–Kier alpha value is -3.05. The van der Waals surface area contributed by atoms with Crippen molar-refractivity contribution in [2.45, 2.75) is 26.5 Å². The van der Waals surface area contributed by atoms with Crippen molar-refractivity contribution in [3.05, 3.63) is 83.1 Å². The van der Waals surface area contributed by atoms with E-state index in [2.05, 4.69) is 15.6 Å². The second-order valence-electron chi connectivity index (χ2n) is 6.49. The van der Waals surface area contributed by atoms with E-state index in [0.29, 0.717) is 28.7 Å². The van der Waals surface area contributed by atoms with Gasteiger partial charge in [-0.15, -0.1) is 0 Å². The Balaban J connectivity index is 1.70. The van der Waals surface area contributed by atoms with Gasteiger partial charge in [-0.3, -0.25) is 9.78 Å². The molecule has 0 bridgehead atoms. The number of pyridine rings is 1. The fourth-order valence-electron chi connectivity index (χ4n) is 2.62. The van der Waals surface area contributed by atoms with Gasteiger partial charge in [0.2, 0.25) is 0 Å². The van der Waals surface area contributed by atoms with Crippen LogP contribution >= 0.6 is 11.6 Å². The number of hydrogen-bond donors (Lipinski definition) is 2. The molecule has 0 aliphatic heterocycles. The van der Waals surface area contributed by atoms with Gasteiger partial charge in [-0.2, -0.15) is 0 Å². The third-order valence-electron chi connectivity index (χ3n) is 3.93. The second-order valence-corrected chi connectivity index (χ2v) is 6.90. The molecule has 0 saturated carbocycles. The summed E-state index contributed by atoms with van der Waals surface area (Å²) in [5.74, 6) is 0.319. The van der Waals surface area contributed by atoms with Gasteiger partial charge >= 0.3 is 0 Å². The van der Waals surface area contributed by atoms with E-state index in [1.807, 2.05) is 62.4 Å². The topological polar surface area (TPSA) is 63.2 Å². The summed E-state index contributed by atoms with van der Waals surface area (Å²) >= 11 is 6.18. The van der Waals surface area contributed by atoms with Crippen LogP contribution in [-0.4, -0.2) is 17.0 Å². The maximum absolute atomic E-state index is 12.7. The number of nitrogens with zero attached hydrogens (tertiary/aromatic N) is 1. The van der Waals surface area contributed by atoms with E-state index in [1.54, 1.807) is 18.3 Å². The molecule has 0 spiro atoms. The van der Waals surface area contributed by atoms with Crippen molar-refractivity contribution in [1.82, 2.24) is 4.98 Å². The quantitative estimate of drug-likeness (QED) is 0.563. The Labute approximate surface area is 169 Å². The lowest BCUT2D eigenvalue weighted by molar-refractivity contribution is 0.102. The van der Waals surface area contributed by atoms with Gasteiger partial charge in [0.15, 0.2) is 0 Å². The van der Waals surface area contributed by atoms with Crippen molar-refractivity contribution < 1.29 is 9.53 Å². The molecular formula is C22H22ClN3O2. The highest BCUT2D eigenvalue weighted by atomic mass is 35.5. The number of nitrogens with one attached hydrogen (secondary N) is 2. The van der Waals surface area contributed by atoms with Crippen molar-refractivity contribution in [2.75, 3.05) is 10.6 Å². The first-order valence-corrected chi connectivity index (χ1v) is 9.41. The first kappa shape index (κ1) is 19.7. The average Bonchev–Trinajstić information content (AvgIpc) is 2.69. The lowest BCUT2D eigenvalue weighted by Crippen LogP contribution is -2.16. The number of para-hydroxylation sites is 2. The third kappa shape index (κ3) is 5.24. The van der Waals surface area contributed by atoms with Crippen LogP contribution in [-0.2, 0) is 6.54 Å². The van der Waals surface area contributed by atoms with Crippen LogP contribution in [0.4, 0.5) is 11.4 Å². The highest BCUT2D eigenvalue weighted by Gasteiger charge is 2.12. The first-order valence-electron chi connectivity index (χ1n) is 9.03. The van der Waals surface area contributed by atoms with E-state index in [4.69, 9.17) is 16.3 Å². The molecule has 2 aromatic carbocycles. The Morgan fingerprint density at radius 2 is 1.86 bits per heavy atom. The fraction of sp³-hybridized carbons (Fsp3) is 0.182. The monoisotopic (exact) mass is 395 g/mol. The average molecular weight is 396 g/mol. The second kappa shape index (κ2) is 9.24. The van der Waals surface area contributed by atoms with Gasteiger partial charge in [0.25, 0.3) is 5.91 Å². The lowest BCUT2D eigenvalue weighted by atomic mass is 10.2. The number of rotatable bonds is 7. The largest absolute Gasteiger partial charge is 0.489 e. The van der Waals surface area contributed by atoms with E-state index in [0.717, 1.165) is 11.3 Å². The number of hydrogen-bond acceptors (Lipinski definition) is 4. The lowest BCUT2D eigenvalue weighted by Gasteiger charge is -2.15. The zero-order valence-electron chi connectivity index (χ0n) is 15.8. The van der Waals surface area contributed by atoms with Gasteiger partial charge in [0.1, 0.15) is 11.4 Å². The molecule has 1 amide bonds. The molecule has 0 atom stereocenters. The summed E-state index contributed by atoms with van der Waals surface area (Å²) in [7, 11) is 0. The molecule has 0 aliphatic rings. The van der Waals surface area contributed by atoms with E-state index < -0.39 is 0 Å². The van der Waals surface area contributed by atoms with Gasteiger partial charge < -0.3 is 15.4 Å². The summed E-state index contributed by atoms with van der Waals surface area (Å²) in [4.78, 5) is 16.8. The molecule has 1 aromatic heterocycles. The fourth-order valence-corrected chi connectivity index (χ4v) is 2.82. The SMILES string of the molecule is CC(C)Oc1ccccc1NC(=O)c1cc(NCc2ccccc2Cl)ccn1. The number of carbonyl (C=O) groups excluding carboxylic acids is 1. The number of aromatic nitrogens is 1. The Kier molecular flexibility index (Phi) is 6.50. The van der Waals surface area contributed by atoms with Crippen LogP contribution < -0.4 is 15.4 Å². The van der Waals surface area contributed by atoms with Gasteiger partial charge in [0, 0.05) is 23.5 Å². The molecule has 0 fully saturated rings. The zero-order valence-corrected chi connectivity index (χ0v) is 16.5. The van der Waals surface area contributed by atoms with Crippen LogP contribution in [0.25, 0.3) is 0 Å². The molecule has 0 unspecified atom stereocenters. The predicted octanol–water partition coefficient (Wildman–Crippen LogP) is 5.39. The minimum atomic E-state index is -0.304. The molecule has 0 radical (unpaired) electrons. The summed E-state index contributed by atoms with van der Waals surface area (Å²) in [6.45, 7) is 4.43. The van der Waals surface area contributed by atoms with E-state index in [1.165, 1.54) is 0 Å². The predicted molar refractivity (Wildman–Crippen MR) is 113 cm³/mol. The summed E-state index contributed by atoms with van der Waals surface area (Å²) in [6, 6.07) is 18.5. The molecule has 3 aromatic rings. The zero-order chi connectivity index (χ0) is 19.9. The van der Waals surface area contributed by atoms with Crippen molar-refractivity contribution >= 4 is 28.9 Å². The maximum atomic E-state index is 12.7. The normalized spacial score (nSPS) is 10.6. The van der Waals surface area contributed by atoms with Crippen LogP contribution in [0.2, 0.25) is 5.02 Å². The minimum Gasteiger partial charge on any atom is -0.489 e. The van der Waals surface area contributed by atoms with Crippen LogP contribution in [0.15, 0.2) is 66.9 Å². The Bertz CT molecular complexity index is 960. The molecule has 2 N–H and O–H groups in total. The van der Waals surface area contributed by atoms with Crippen LogP contribution in [0.3, 0.4) is 0 Å². The number of ether oxygens (including phenoxy) is 1. The van der Waals surface area contributed by atoms with E-state index in [9.17, 15) is 4.79 Å². The summed E-state index contributed by atoms with van der Waals surface area (Å²) in [5, 5.41) is 6.83. The molecule has 0 aliphatic carbocycles. The van der Waals surface area contributed by atoms with Gasteiger partial charge in [-0.1, -0.05) is 41.9 Å². The number of amides is 1. The molecule has 144 valence electrons. The van der Waals surface area contributed by atoms with E-state index in [-0.39, 0.29) is 12.0 Å². The van der Waals surface area contributed by atoms with Crippen LogP contribution in [0, 0.1) is 0 Å². The summed E-state index contributed by atoms with van der Waals surface area (Å²) in [5.41, 5.74) is 2.68. The van der Waals surface area contributed by atoms with Crippen LogP contribution in [0.1, 0.15) is 29.9 Å². The molecule has 28 heavy (non-hydrogen) atoms.